The van der Waals surface area contributed by atoms with E-state index < -0.39 is 0 Å². The van der Waals surface area contributed by atoms with Crippen LogP contribution in [0.15, 0.2) is 41.0 Å². The Balaban J connectivity index is 1.96. The molecule has 0 radical (unpaired) electrons. The van der Waals surface area contributed by atoms with Crippen LogP contribution in [-0.2, 0) is 18.6 Å². The average Bonchev–Trinajstić information content (AvgIpc) is 2.84. The molecule has 2 rings (SSSR count). The Labute approximate surface area is 114 Å². The molecule has 0 aliphatic heterocycles. The van der Waals surface area contributed by atoms with E-state index in [1.807, 2.05) is 18.2 Å². The predicted octanol–water partition coefficient (Wildman–Crippen LogP) is 3.61. The molecular weight excluding hydrogens is 238 g/mol. The minimum absolute atomic E-state index is 0.162. The zero-order chi connectivity index (χ0) is 13.9. The second kappa shape index (κ2) is 5.49. The summed E-state index contributed by atoms with van der Waals surface area (Å²) in [5.41, 5.74) is 7.97. The minimum atomic E-state index is 0.162. The Hall–Kier alpha value is -1.74. The lowest BCUT2D eigenvalue weighted by Gasteiger charge is -2.19. The van der Waals surface area contributed by atoms with E-state index in [-0.39, 0.29) is 5.41 Å². The molecule has 0 amide bonds. The second-order valence-electron chi connectivity index (χ2n) is 5.69. The van der Waals surface area contributed by atoms with Gasteiger partial charge in [-0.3, -0.25) is 0 Å². The highest BCUT2D eigenvalue weighted by Crippen LogP contribution is 2.24. The molecule has 102 valence electrons. The van der Waals surface area contributed by atoms with E-state index in [0.29, 0.717) is 13.2 Å². The molecule has 19 heavy (non-hydrogen) atoms. The molecular formula is C16H21NO2. The van der Waals surface area contributed by atoms with Crippen LogP contribution in [0.5, 0.6) is 5.75 Å². The summed E-state index contributed by atoms with van der Waals surface area (Å²) >= 11 is 0. The lowest BCUT2D eigenvalue weighted by Crippen LogP contribution is -2.10. The van der Waals surface area contributed by atoms with Crippen LogP contribution in [-0.4, -0.2) is 0 Å². The highest BCUT2D eigenvalue weighted by atomic mass is 16.5. The van der Waals surface area contributed by atoms with Crippen molar-refractivity contribution in [3.63, 3.8) is 0 Å². The molecule has 0 bridgehead atoms. The smallest absolute Gasteiger partial charge is 0.146 e. The maximum absolute atomic E-state index is 5.68. The van der Waals surface area contributed by atoms with Gasteiger partial charge in [0, 0.05) is 12.1 Å². The van der Waals surface area contributed by atoms with Crippen molar-refractivity contribution in [3.05, 3.63) is 53.5 Å². The highest BCUT2D eigenvalue weighted by Gasteiger charge is 2.13. The van der Waals surface area contributed by atoms with E-state index in [0.717, 1.165) is 17.1 Å². The molecule has 2 aromatic rings. The molecule has 0 aliphatic carbocycles. The summed E-state index contributed by atoms with van der Waals surface area (Å²) in [4.78, 5) is 0. The number of hydrogen-bond donors (Lipinski definition) is 1. The first kappa shape index (κ1) is 13.7. The second-order valence-corrected chi connectivity index (χ2v) is 5.69. The molecule has 0 atom stereocenters. The zero-order valence-corrected chi connectivity index (χ0v) is 11.8. The van der Waals surface area contributed by atoms with Crippen molar-refractivity contribution in [2.45, 2.75) is 39.3 Å². The van der Waals surface area contributed by atoms with Crippen molar-refractivity contribution < 1.29 is 9.15 Å². The monoisotopic (exact) mass is 259 g/mol. The van der Waals surface area contributed by atoms with Gasteiger partial charge in [0.1, 0.15) is 18.1 Å². The largest absolute Gasteiger partial charge is 0.486 e. The van der Waals surface area contributed by atoms with E-state index in [9.17, 15) is 0 Å². The van der Waals surface area contributed by atoms with Gasteiger partial charge in [-0.25, -0.2) is 0 Å². The Morgan fingerprint density at radius 1 is 1.16 bits per heavy atom. The normalized spacial score (nSPS) is 11.6. The van der Waals surface area contributed by atoms with Crippen LogP contribution in [0.2, 0.25) is 0 Å². The van der Waals surface area contributed by atoms with Crippen LogP contribution in [0.1, 0.15) is 37.7 Å². The van der Waals surface area contributed by atoms with Gasteiger partial charge >= 0.3 is 0 Å². The van der Waals surface area contributed by atoms with Crippen LogP contribution < -0.4 is 10.5 Å². The summed E-state index contributed by atoms with van der Waals surface area (Å²) in [6.07, 6.45) is 1.67. The van der Waals surface area contributed by atoms with Crippen LogP contribution in [0.4, 0.5) is 0 Å². The number of hydrogen-bond acceptors (Lipinski definition) is 3. The highest BCUT2D eigenvalue weighted by molar-refractivity contribution is 5.31. The molecule has 1 heterocycles. The molecule has 0 saturated carbocycles. The number of nitrogens with two attached hydrogens (primary N) is 1. The van der Waals surface area contributed by atoms with Gasteiger partial charge < -0.3 is 14.9 Å². The van der Waals surface area contributed by atoms with Crippen molar-refractivity contribution in [3.8, 4) is 5.75 Å². The third-order valence-corrected chi connectivity index (χ3v) is 3.05. The number of furan rings is 1. The first-order chi connectivity index (χ1) is 8.99. The Morgan fingerprint density at radius 2 is 1.84 bits per heavy atom. The topological polar surface area (TPSA) is 48.4 Å². The first-order valence-electron chi connectivity index (χ1n) is 6.49. The molecule has 3 nitrogen and oxygen atoms in total. The summed E-state index contributed by atoms with van der Waals surface area (Å²) in [5, 5.41) is 0. The molecule has 0 spiro atoms. The van der Waals surface area contributed by atoms with Crippen molar-refractivity contribution >= 4 is 0 Å². The van der Waals surface area contributed by atoms with Gasteiger partial charge in [-0.2, -0.15) is 0 Å². The molecule has 3 heteroatoms. The van der Waals surface area contributed by atoms with E-state index in [2.05, 4.69) is 32.9 Å². The minimum Gasteiger partial charge on any atom is -0.486 e. The predicted molar refractivity (Wildman–Crippen MR) is 76.1 cm³/mol. The quantitative estimate of drug-likeness (QED) is 0.912. The van der Waals surface area contributed by atoms with Crippen molar-refractivity contribution in [2.75, 3.05) is 0 Å². The van der Waals surface area contributed by atoms with E-state index in [1.54, 1.807) is 6.26 Å². The Morgan fingerprint density at radius 3 is 2.37 bits per heavy atom. The summed E-state index contributed by atoms with van der Waals surface area (Å²) < 4.78 is 11.0. The van der Waals surface area contributed by atoms with Gasteiger partial charge in [-0.05, 0) is 29.2 Å². The standard InChI is InChI=1S/C16H21NO2/c1-16(2,3)13-4-6-14(7-5-13)19-11-15-8-12(9-17)10-18-15/h4-8,10H,9,11,17H2,1-3H3. The van der Waals surface area contributed by atoms with Gasteiger partial charge in [-0.15, -0.1) is 0 Å². The molecule has 1 aromatic carbocycles. The fourth-order valence-electron chi connectivity index (χ4n) is 1.81. The average molecular weight is 259 g/mol. The lowest BCUT2D eigenvalue weighted by atomic mass is 9.87. The molecule has 1 aromatic heterocycles. The summed E-state index contributed by atoms with van der Waals surface area (Å²) in [6.45, 7) is 7.50. The third kappa shape index (κ3) is 3.61. The van der Waals surface area contributed by atoms with Gasteiger partial charge in [-0.1, -0.05) is 32.9 Å². The van der Waals surface area contributed by atoms with Gasteiger partial charge in [0.2, 0.25) is 0 Å². The molecule has 2 N–H and O–H groups in total. The van der Waals surface area contributed by atoms with Crippen LogP contribution in [0, 0.1) is 0 Å². The number of ether oxygens (including phenoxy) is 1. The van der Waals surface area contributed by atoms with Crippen LogP contribution in [0.25, 0.3) is 0 Å². The van der Waals surface area contributed by atoms with Crippen molar-refractivity contribution in [1.82, 2.24) is 0 Å². The maximum atomic E-state index is 5.68. The van der Waals surface area contributed by atoms with E-state index in [4.69, 9.17) is 14.9 Å². The Bertz CT molecular complexity index is 520. The van der Waals surface area contributed by atoms with E-state index >= 15 is 0 Å². The molecule has 0 saturated heterocycles. The fourth-order valence-corrected chi connectivity index (χ4v) is 1.81. The third-order valence-electron chi connectivity index (χ3n) is 3.05. The summed E-state index contributed by atoms with van der Waals surface area (Å²) in [5.74, 6) is 1.64. The summed E-state index contributed by atoms with van der Waals surface area (Å²) in [7, 11) is 0. The fraction of sp³-hybridized carbons (Fsp3) is 0.375. The van der Waals surface area contributed by atoms with Crippen LogP contribution >= 0.6 is 0 Å². The SMILES string of the molecule is CC(C)(C)c1ccc(OCc2cc(CN)co2)cc1. The van der Waals surface area contributed by atoms with Crippen LogP contribution in [0.3, 0.4) is 0 Å². The van der Waals surface area contributed by atoms with Gasteiger partial charge in [0.15, 0.2) is 0 Å². The Kier molecular flexibility index (Phi) is 3.96. The van der Waals surface area contributed by atoms with Gasteiger partial charge in [0.05, 0.1) is 6.26 Å². The van der Waals surface area contributed by atoms with Crippen molar-refractivity contribution in [2.24, 2.45) is 5.73 Å². The zero-order valence-electron chi connectivity index (χ0n) is 11.8. The molecule has 0 unspecified atom stereocenters. The molecule has 0 fully saturated rings. The van der Waals surface area contributed by atoms with Crippen molar-refractivity contribution in [1.29, 1.82) is 0 Å². The van der Waals surface area contributed by atoms with E-state index in [1.165, 1.54) is 5.56 Å². The summed E-state index contributed by atoms with van der Waals surface area (Å²) in [6, 6.07) is 10.1. The molecule has 0 aliphatic rings. The number of rotatable bonds is 4. The lowest BCUT2D eigenvalue weighted by molar-refractivity contribution is 0.270. The number of benzene rings is 1. The van der Waals surface area contributed by atoms with Gasteiger partial charge in [0.25, 0.3) is 0 Å². The maximum Gasteiger partial charge on any atom is 0.146 e. The first-order valence-corrected chi connectivity index (χ1v) is 6.49.